The number of para-hydroxylation sites is 2. The minimum absolute atomic E-state index is 0.0466. The van der Waals surface area contributed by atoms with Crippen LogP contribution in [0.25, 0.3) is 0 Å². The Bertz CT molecular complexity index is 991. The Hall–Kier alpha value is -2.95. The second kappa shape index (κ2) is 9.03. The van der Waals surface area contributed by atoms with Crippen LogP contribution in [0.15, 0.2) is 53.4 Å². The summed E-state index contributed by atoms with van der Waals surface area (Å²) < 4.78 is 36.5. The fraction of sp³-hybridized carbons (Fsp3) is 0.263. The Morgan fingerprint density at radius 2 is 1.90 bits per heavy atom. The van der Waals surface area contributed by atoms with E-state index in [9.17, 15) is 18.0 Å². The number of ether oxygens (including phenoxy) is 2. The van der Waals surface area contributed by atoms with Crippen molar-refractivity contribution in [2.24, 2.45) is 0 Å². The molecule has 2 aromatic carbocycles. The van der Waals surface area contributed by atoms with Gasteiger partial charge in [0.25, 0.3) is 5.91 Å². The monoisotopic (exact) mass is 419 g/mol. The fourth-order valence-electron chi connectivity index (χ4n) is 2.77. The second-order valence-corrected chi connectivity index (χ2v) is 7.92. The predicted octanol–water partition coefficient (Wildman–Crippen LogP) is 1.82. The second-order valence-electron chi connectivity index (χ2n) is 6.15. The quantitative estimate of drug-likeness (QED) is 0.631. The molecule has 29 heavy (non-hydrogen) atoms. The minimum atomic E-state index is -3.68. The number of carbonyl (C=O) groups excluding carboxylic acids is 2. The highest BCUT2D eigenvalue weighted by molar-refractivity contribution is 7.89. The number of hydrogen-bond donors (Lipinski definition) is 2. The number of amides is 2. The molecule has 9 nitrogen and oxygen atoms in total. The van der Waals surface area contributed by atoms with E-state index >= 15 is 0 Å². The van der Waals surface area contributed by atoms with Crippen LogP contribution < -0.4 is 14.9 Å². The zero-order valence-corrected chi connectivity index (χ0v) is 16.6. The van der Waals surface area contributed by atoms with Crippen molar-refractivity contribution < 1.29 is 27.5 Å². The van der Waals surface area contributed by atoms with Gasteiger partial charge in [-0.1, -0.05) is 12.1 Å². The number of rotatable bonds is 8. The van der Waals surface area contributed by atoms with Gasteiger partial charge in [0, 0.05) is 19.2 Å². The maximum Gasteiger partial charge on any atom is 0.414 e. The Labute approximate surface area is 168 Å². The first-order chi connectivity index (χ1) is 13.9. The molecule has 2 N–H and O–H groups in total. The van der Waals surface area contributed by atoms with Crippen molar-refractivity contribution in [1.82, 2.24) is 4.72 Å². The SMILES string of the molecule is COCCNS(=O)(=O)c1ccc(C(=O)Nc2ccccc2N2CCOC2=O)cc1. The van der Waals surface area contributed by atoms with Gasteiger partial charge in [0.1, 0.15) is 6.61 Å². The zero-order chi connectivity index (χ0) is 20.9. The molecule has 10 heteroatoms. The van der Waals surface area contributed by atoms with Crippen LogP contribution in [0.2, 0.25) is 0 Å². The molecule has 1 saturated heterocycles. The maximum atomic E-state index is 12.6. The molecule has 1 aliphatic rings. The molecule has 0 aromatic heterocycles. The minimum Gasteiger partial charge on any atom is -0.447 e. The summed E-state index contributed by atoms with van der Waals surface area (Å²) in [4.78, 5) is 25.9. The summed E-state index contributed by atoms with van der Waals surface area (Å²) in [7, 11) is -2.20. The molecule has 0 bridgehead atoms. The van der Waals surface area contributed by atoms with Crippen molar-refractivity contribution in [3.63, 3.8) is 0 Å². The first-order valence-electron chi connectivity index (χ1n) is 8.86. The largest absolute Gasteiger partial charge is 0.447 e. The van der Waals surface area contributed by atoms with Gasteiger partial charge < -0.3 is 14.8 Å². The van der Waals surface area contributed by atoms with Gasteiger partial charge in [0.15, 0.2) is 0 Å². The number of anilines is 2. The van der Waals surface area contributed by atoms with E-state index < -0.39 is 22.0 Å². The predicted molar refractivity (Wildman–Crippen MR) is 107 cm³/mol. The third kappa shape index (κ3) is 4.91. The van der Waals surface area contributed by atoms with Crippen molar-refractivity contribution >= 4 is 33.4 Å². The molecule has 1 heterocycles. The topological polar surface area (TPSA) is 114 Å². The van der Waals surface area contributed by atoms with E-state index in [1.54, 1.807) is 24.3 Å². The molecular weight excluding hydrogens is 398 g/mol. The van der Waals surface area contributed by atoms with Crippen molar-refractivity contribution in [2.45, 2.75) is 4.90 Å². The normalized spacial score (nSPS) is 14.0. The van der Waals surface area contributed by atoms with E-state index in [-0.39, 0.29) is 30.2 Å². The summed E-state index contributed by atoms with van der Waals surface area (Å²) in [6.45, 7) is 1.09. The molecule has 1 aliphatic heterocycles. The average molecular weight is 419 g/mol. The molecule has 0 atom stereocenters. The number of carbonyl (C=O) groups is 2. The van der Waals surface area contributed by atoms with Crippen molar-refractivity contribution in [2.75, 3.05) is 43.6 Å². The van der Waals surface area contributed by atoms with E-state index in [4.69, 9.17) is 9.47 Å². The van der Waals surface area contributed by atoms with E-state index in [1.165, 1.54) is 36.3 Å². The zero-order valence-electron chi connectivity index (χ0n) is 15.8. The number of hydrogen-bond acceptors (Lipinski definition) is 6. The summed E-state index contributed by atoms with van der Waals surface area (Å²) in [6.07, 6.45) is -0.470. The Balaban J connectivity index is 1.73. The lowest BCUT2D eigenvalue weighted by Crippen LogP contribution is -2.27. The summed E-state index contributed by atoms with van der Waals surface area (Å²) in [5.74, 6) is -0.429. The van der Waals surface area contributed by atoms with Crippen LogP contribution in [0, 0.1) is 0 Å². The number of benzene rings is 2. The standard InChI is InChI=1S/C19H21N3O6S/c1-27-12-10-20-29(25,26)15-8-6-14(7-9-15)18(23)21-16-4-2-3-5-17(16)22-11-13-28-19(22)24/h2-9,20H,10-13H2,1H3,(H,21,23). The van der Waals surface area contributed by atoms with Crippen LogP contribution >= 0.6 is 0 Å². The number of methoxy groups -OCH3 is 1. The summed E-state index contributed by atoms with van der Waals surface area (Å²) in [6, 6.07) is 12.4. The summed E-state index contributed by atoms with van der Waals surface area (Å²) >= 11 is 0. The highest BCUT2D eigenvalue weighted by Gasteiger charge is 2.26. The van der Waals surface area contributed by atoms with Crippen LogP contribution in [-0.4, -0.2) is 53.8 Å². The van der Waals surface area contributed by atoms with Gasteiger partial charge in [-0.2, -0.15) is 0 Å². The molecule has 0 aliphatic carbocycles. The number of cyclic esters (lactones) is 1. The first kappa shape index (κ1) is 20.8. The van der Waals surface area contributed by atoms with Gasteiger partial charge in [0.05, 0.1) is 29.4 Å². The smallest absolute Gasteiger partial charge is 0.414 e. The summed E-state index contributed by atoms with van der Waals surface area (Å²) in [5, 5.41) is 2.75. The molecule has 154 valence electrons. The lowest BCUT2D eigenvalue weighted by atomic mass is 10.2. The lowest BCUT2D eigenvalue weighted by Gasteiger charge is -2.17. The van der Waals surface area contributed by atoms with Crippen LogP contribution in [0.3, 0.4) is 0 Å². The highest BCUT2D eigenvalue weighted by atomic mass is 32.2. The summed E-state index contributed by atoms with van der Waals surface area (Å²) in [5.41, 5.74) is 1.26. The lowest BCUT2D eigenvalue weighted by molar-refractivity contribution is 0.102. The van der Waals surface area contributed by atoms with Gasteiger partial charge in [-0.3, -0.25) is 9.69 Å². The van der Waals surface area contributed by atoms with Crippen LogP contribution in [0.4, 0.5) is 16.2 Å². The third-order valence-electron chi connectivity index (χ3n) is 4.23. The molecule has 2 amide bonds. The molecule has 0 unspecified atom stereocenters. The van der Waals surface area contributed by atoms with Crippen molar-refractivity contribution in [1.29, 1.82) is 0 Å². The van der Waals surface area contributed by atoms with Crippen molar-refractivity contribution in [3.05, 3.63) is 54.1 Å². The van der Waals surface area contributed by atoms with E-state index in [1.807, 2.05) is 0 Å². The first-order valence-corrected chi connectivity index (χ1v) is 10.3. The van der Waals surface area contributed by atoms with Crippen molar-refractivity contribution in [3.8, 4) is 0 Å². The van der Waals surface area contributed by atoms with Gasteiger partial charge in [-0.25, -0.2) is 17.9 Å². The molecule has 0 radical (unpaired) electrons. The average Bonchev–Trinajstić information content (AvgIpc) is 3.14. The van der Waals surface area contributed by atoms with Gasteiger partial charge in [-0.05, 0) is 36.4 Å². The highest BCUT2D eigenvalue weighted by Crippen LogP contribution is 2.28. The molecule has 2 aromatic rings. The van der Waals surface area contributed by atoms with Crippen LogP contribution in [0.1, 0.15) is 10.4 Å². The fourth-order valence-corrected chi connectivity index (χ4v) is 3.78. The van der Waals surface area contributed by atoms with Crippen LogP contribution in [-0.2, 0) is 19.5 Å². The molecule has 3 rings (SSSR count). The number of nitrogens with zero attached hydrogens (tertiary/aromatic N) is 1. The number of nitrogens with one attached hydrogen (secondary N) is 2. The third-order valence-corrected chi connectivity index (χ3v) is 5.71. The van der Waals surface area contributed by atoms with Gasteiger partial charge in [0.2, 0.25) is 10.0 Å². The van der Waals surface area contributed by atoms with Crippen LogP contribution in [0.5, 0.6) is 0 Å². The Morgan fingerprint density at radius 3 is 2.55 bits per heavy atom. The molecule has 1 fully saturated rings. The molecular formula is C19H21N3O6S. The van der Waals surface area contributed by atoms with Gasteiger partial charge >= 0.3 is 6.09 Å². The van der Waals surface area contributed by atoms with E-state index in [0.717, 1.165) is 0 Å². The molecule has 0 saturated carbocycles. The Kier molecular flexibility index (Phi) is 6.47. The Morgan fingerprint density at radius 1 is 1.17 bits per heavy atom. The molecule has 0 spiro atoms. The number of sulfonamides is 1. The van der Waals surface area contributed by atoms with E-state index in [2.05, 4.69) is 10.0 Å². The maximum absolute atomic E-state index is 12.6. The van der Waals surface area contributed by atoms with Gasteiger partial charge in [-0.15, -0.1) is 0 Å². The van der Waals surface area contributed by atoms with E-state index in [0.29, 0.717) is 17.9 Å².